The molecule has 1 saturated heterocycles. The molecule has 0 radical (unpaired) electrons. The first-order valence-electron chi connectivity index (χ1n) is 7.01. The van der Waals surface area contributed by atoms with E-state index < -0.39 is 0 Å². The van der Waals surface area contributed by atoms with Gasteiger partial charge in [0.15, 0.2) is 0 Å². The van der Waals surface area contributed by atoms with E-state index in [1.54, 1.807) is 0 Å². The zero-order valence-electron chi connectivity index (χ0n) is 11.0. The van der Waals surface area contributed by atoms with Crippen LogP contribution in [0.3, 0.4) is 0 Å². The highest BCUT2D eigenvalue weighted by atomic mass is 15.2. The van der Waals surface area contributed by atoms with Gasteiger partial charge in [-0.3, -0.25) is 0 Å². The Bertz CT molecular complexity index is 593. The maximum absolute atomic E-state index is 3.58. The molecule has 0 saturated carbocycles. The van der Waals surface area contributed by atoms with Crippen LogP contribution in [-0.2, 0) is 5.41 Å². The smallest absolute Gasteiger partial charge is 0.0380 e. The van der Waals surface area contributed by atoms with Gasteiger partial charge in [0.1, 0.15) is 0 Å². The van der Waals surface area contributed by atoms with Crippen molar-refractivity contribution in [1.82, 2.24) is 0 Å². The van der Waals surface area contributed by atoms with E-state index in [9.17, 15) is 0 Å². The summed E-state index contributed by atoms with van der Waals surface area (Å²) in [5.41, 5.74) is 4.50. The van der Waals surface area contributed by atoms with Gasteiger partial charge in [-0.1, -0.05) is 36.4 Å². The topological polar surface area (TPSA) is 15.3 Å². The lowest BCUT2D eigenvalue weighted by atomic mass is 9.82. The van der Waals surface area contributed by atoms with Crippen LogP contribution in [0.1, 0.15) is 12.0 Å². The summed E-state index contributed by atoms with van der Waals surface area (Å²) in [4.78, 5) is 2.52. The van der Waals surface area contributed by atoms with Gasteiger partial charge < -0.3 is 10.2 Å². The molecule has 0 amide bonds. The van der Waals surface area contributed by atoms with Crippen LogP contribution in [0.25, 0.3) is 0 Å². The summed E-state index contributed by atoms with van der Waals surface area (Å²) in [5, 5.41) is 3.58. The Hall–Kier alpha value is -1.96. The first-order chi connectivity index (χ1) is 9.37. The van der Waals surface area contributed by atoms with Gasteiger partial charge in [0.25, 0.3) is 0 Å². The SMILES string of the molecule is c1ccc(N2CCC3(CNc4ccccc43)C2)cc1. The molecule has 1 unspecified atom stereocenters. The van der Waals surface area contributed by atoms with E-state index in [4.69, 9.17) is 0 Å². The van der Waals surface area contributed by atoms with Crippen molar-refractivity contribution >= 4 is 11.4 Å². The summed E-state index contributed by atoms with van der Waals surface area (Å²) in [6, 6.07) is 19.6. The average Bonchev–Trinajstić information content (AvgIpc) is 3.07. The summed E-state index contributed by atoms with van der Waals surface area (Å²) in [5.74, 6) is 0. The molecule has 2 aromatic carbocycles. The van der Waals surface area contributed by atoms with Crippen LogP contribution < -0.4 is 10.2 Å². The van der Waals surface area contributed by atoms with E-state index in [1.165, 1.54) is 23.4 Å². The summed E-state index contributed by atoms with van der Waals surface area (Å²) in [6.45, 7) is 3.36. The van der Waals surface area contributed by atoms with E-state index in [-0.39, 0.29) is 0 Å². The molecule has 1 atom stereocenters. The third kappa shape index (κ3) is 1.63. The van der Waals surface area contributed by atoms with Crippen molar-refractivity contribution in [3.05, 3.63) is 60.2 Å². The molecule has 2 aromatic rings. The lowest BCUT2D eigenvalue weighted by Gasteiger charge is -2.25. The average molecular weight is 250 g/mol. The maximum Gasteiger partial charge on any atom is 0.0380 e. The zero-order chi connectivity index (χ0) is 12.7. The minimum Gasteiger partial charge on any atom is -0.384 e. The predicted octanol–water partition coefficient (Wildman–Crippen LogP) is 3.26. The van der Waals surface area contributed by atoms with E-state index >= 15 is 0 Å². The van der Waals surface area contributed by atoms with Crippen LogP contribution in [0.4, 0.5) is 11.4 Å². The molecule has 1 fully saturated rings. The van der Waals surface area contributed by atoms with E-state index in [0.717, 1.165) is 19.6 Å². The number of nitrogens with one attached hydrogen (secondary N) is 1. The Labute approximate surface area is 114 Å². The van der Waals surface area contributed by atoms with Crippen molar-refractivity contribution in [2.24, 2.45) is 0 Å². The highest BCUT2D eigenvalue weighted by Gasteiger charge is 2.44. The Morgan fingerprint density at radius 2 is 1.74 bits per heavy atom. The third-order valence-electron chi connectivity index (χ3n) is 4.59. The van der Waals surface area contributed by atoms with Gasteiger partial charge >= 0.3 is 0 Å². The van der Waals surface area contributed by atoms with Crippen LogP contribution in [0.2, 0.25) is 0 Å². The molecule has 0 aliphatic carbocycles. The predicted molar refractivity (Wildman–Crippen MR) is 79.9 cm³/mol. The third-order valence-corrected chi connectivity index (χ3v) is 4.59. The Balaban J connectivity index is 1.66. The molecule has 96 valence electrons. The second kappa shape index (κ2) is 4.02. The van der Waals surface area contributed by atoms with Crippen molar-refractivity contribution in [2.45, 2.75) is 11.8 Å². The molecule has 2 aliphatic rings. The van der Waals surface area contributed by atoms with Crippen molar-refractivity contribution < 1.29 is 0 Å². The molecular formula is C17H18N2. The van der Waals surface area contributed by atoms with Crippen LogP contribution in [-0.4, -0.2) is 19.6 Å². The fraction of sp³-hybridized carbons (Fsp3) is 0.294. The van der Waals surface area contributed by atoms with Gasteiger partial charge in [0.2, 0.25) is 0 Å². The number of rotatable bonds is 1. The zero-order valence-corrected chi connectivity index (χ0v) is 11.0. The monoisotopic (exact) mass is 250 g/mol. The summed E-state index contributed by atoms with van der Waals surface area (Å²) in [7, 11) is 0. The number of hydrogen-bond acceptors (Lipinski definition) is 2. The molecule has 0 bridgehead atoms. The quantitative estimate of drug-likeness (QED) is 0.835. The number of benzene rings is 2. The van der Waals surface area contributed by atoms with Gasteiger partial charge in [0, 0.05) is 36.4 Å². The first-order valence-corrected chi connectivity index (χ1v) is 7.01. The Kier molecular flexibility index (Phi) is 2.31. The lowest BCUT2D eigenvalue weighted by molar-refractivity contribution is 0.528. The molecule has 2 nitrogen and oxygen atoms in total. The van der Waals surface area contributed by atoms with Crippen LogP contribution >= 0.6 is 0 Å². The molecule has 0 aromatic heterocycles. The normalized spacial score (nSPS) is 24.5. The maximum atomic E-state index is 3.58. The number of hydrogen-bond donors (Lipinski definition) is 1. The Morgan fingerprint density at radius 1 is 0.947 bits per heavy atom. The number of nitrogens with zero attached hydrogens (tertiary/aromatic N) is 1. The summed E-state index contributed by atoms with van der Waals surface area (Å²) < 4.78 is 0. The van der Waals surface area contributed by atoms with E-state index in [1.807, 2.05) is 0 Å². The molecule has 4 rings (SSSR count). The molecule has 2 heteroatoms. The summed E-state index contributed by atoms with van der Waals surface area (Å²) in [6.07, 6.45) is 1.24. The number of para-hydroxylation sites is 2. The van der Waals surface area contributed by atoms with Crippen molar-refractivity contribution in [3.8, 4) is 0 Å². The molecule has 1 N–H and O–H groups in total. The lowest BCUT2D eigenvalue weighted by Crippen LogP contribution is -2.32. The fourth-order valence-electron chi connectivity index (χ4n) is 3.56. The second-order valence-electron chi connectivity index (χ2n) is 5.69. The van der Waals surface area contributed by atoms with Crippen LogP contribution in [0, 0.1) is 0 Å². The van der Waals surface area contributed by atoms with Crippen molar-refractivity contribution in [3.63, 3.8) is 0 Å². The van der Waals surface area contributed by atoms with Crippen molar-refractivity contribution in [2.75, 3.05) is 29.9 Å². The largest absolute Gasteiger partial charge is 0.384 e. The number of fused-ring (bicyclic) bond motifs is 2. The van der Waals surface area contributed by atoms with Gasteiger partial charge in [-0.05, 0) is 30.2 Å². The number of anilines is 2. The highest BCUT2D eigenvalue weighted by Crippen LogP contribution is 2.43. The van der Waals surface area contributed by atoms with Gasteiger partial charge in [-0.15, -0.1) is 0 Å². The summed E-state index contributed by atoms with van der Waals surface area (Å²) >= 11 is 0. The molecular weight excluding hydrogens is 232 g/mol. The molecule has 1 spiro atoms. The molecule has 2 aliphatic heterocycles. The van der Waals surface area contributed by atoms with E-state index in [0.29, 0.717) is 5.41 Å². The first kappa shape index (κ1) is 10.9. The fourth-order valence-corrected chi connectivity index (χ4v) is 3.56. The Morgan fingerprint density at radius 3 is 2.63 bits per heavy atom. The minimum absolute atomic E-state index is 0.312. The van der Waals surface area contributed by atoms with Crippen LogP contribution in [0.15, 0.2) is 54.6 Å². The minimum atomic E-state index is 0.312. The second-order valence-corrected chi connectivity index (χ2v) is 5.69. The van der Waals surface area contributed by atoms with Crippen LogP contribution in [0.5, 0.6) is 0 Å². The highest BCUT2D eigenvalue weighted by molar-refractivity contribution is 5.63. The molecule has 19 heavy (non-hydrogen) atoms. The molecule has 2 heterocycles. The standard InChI is InChI=1S/C17H18N2/c1-2-6-14(7-3-1)19-11-10-17(13-19)12-18-16-9-5-4-8-15(16)17/h1-9,18H,10-13H2. The van der Waals surface area contributed by atoms with Crippen molar-refractivity contribution in [1.29, 1.82) is 0 Å². The van der Waals surface area contributed by atoms with Gasteiger partial charge in [0.05, 0.1) is 0 Å². The van der Waals surface area contributed by atoms with Gasteiger partial charge in [-0.2, -0.15) is 0 Å². The van der Waals surface area contributed by atoms with E-state index in [2.05, 4.69) is 64.8 Å². The van der Waals surface area contributed by atoms with Gasteiger partial charge in [-0.25, -0.2) is 0 Å².